The number of hydrogen-bond donors (Lipinski definition) is 2. The van der Waals surface area contributed by atoms with Gasteiger partial charge >= 0.3 is 0 Å². The molecule has 154 valence electrons. The van der Waals surface area contributed by atoms with Gasteiger partial charge in [0.1, 0.15) is 34.3 Å². The van der Waals surface area contributed by atoms with Crippen molar-refractivity contribution in [3.8, 4) is 11.1 Å². The van der Waals surface area contributed by atoms with Crippen LogP contribution in [0.15, 0.2) is 53.8 Å². The Labute approximate surface area is 169 Å². The van der Waals surface area contributed by atoms with Crippen LogP contribution in [0.1, 0.15) is 0 Å². The van der Waals surface area contributed by atoms with Crippen molar-refractivity contribution in [3.63, 3.8) is 0 Å². The van der Waals surface area contributed by atoms with Gasteiger partial charge in [0.25, 0.3) is 10.0 Å². The van der Waals surface area contributed by atoms with Gasteiger partial charge in [-0.05, 0) is 24.3 Å². The summed E-state index contributed by atoms with van der Waals surface area (Å²) in [4.78, 5) is 7.10. The maximum absolute atomic E-state index is 15.3. The molecule has 0 radical (unpaired) electrons. The van der Waals surface area contributed by atoms with Crippen LogP contribution in [0.25, 0.3) is 22.2 Å². The number of nitrogens with two attached hydrogens (primary N) is 1. The van der Waals surface area contributed by atoms with Crippen LogP contribution >= 0.6 is 0 Å². The van der Waals surface area contributed by atoms with Crippen molar-refractivity contribution >= 4 is 32.6 Å². The Balaban J connectivity index is 1.83. The Kier molecular flexibility index (Phi) is 4.61. The van der Waals surface area contributed by atoms with Gasteiger partial charge in [0, 0.05) is 24.4 Å². The SMILES string of the molecule is Cn1cc(-c2cccc(NS(=O)(=O)c3cc(F)ccc3F)c2F)c2c(N)ncnc21. The second kappa shape index (κ2) is 7.02. The van der Waals surface area contributed by atoms with Crippen molar-refractivity contribution in [2.24, 2.45) is 7.05 Å². The van der Waals surface area contributed by atoms with Gasteiger partial charge in [-0.25, -0.2) is 31.6 Å². The molecule has 0 saturated heterocycles. The fourth-order valence-corrected chi connectivity index (χ4v) is 4.29. The zero-order valence-corrected chi connectivity index (χ0v) is 16.2. The summed E-state index contributed by atoms with van der Waals surface area (Å²) in [5.41, 5.74) is 6.33. The Bertz CT molecular complexity index is 1400. The van der Waals surface area contributed by atoms with E-state index in [9.17, 15) is 17.2 Å². The molecule has 7 nitrogen and oxygen atoms in total. The van der Waals surface area contributed by atoms with E-state index in [1.54, 1.807) is 17.8 Å². The molecule has 11 heteroatoms. The minimum Gasteiger partial charge on any atom is -0.383 e. The zero-order valence-electron chi connectivity index (χ0n) is 15.4. The van der Waals surface area contributed by atoms with E-state index < -0.39 is 38.1 Å². The number of benzene rings is 2. The van der Waals surface area contributed by atoms with Gasteiger partial charge in [-0.15, -0.1) is 0 Å². The van der Waals surface area contributed by atoms with Crippen LogP contribution in [0, 0.1) is 17.5 Å². The quantitative estimate of drug-likeness (QED) is 0.513. The zero-order chi connectivity index (χ0) is 21.6. The molecule has 3 N–H and O–H groups in total. The molecule has 0 aliphatic heterocycles. The molecule has 2 aromatic heterocycles. The van der Waals surface area contributed by atoms with E-state index in [1.807, 2.05) is 4.72 Å². The van der Waals surface area contributed by atoms with Crippen molar-refractivity contribution in [1.29, 1.82) is 0 Å². The highest BCUT2D eigenvalue weighted by Crippen LogP contribution is 2.36. The molecule has 4 rings (SSSR count). The molecule has 30 heavy (non-hydrogen) atoms. The number of nitrogen functional groups attached to an aromatic ring is 1. The Morgan fingerprint density at radius 3 is 2.60 bits per heavy atom. The van der Waals surface area contributed by atoms with Crippen LogP contribution in [0.5, 0.6) is 0 Å². The third kappa shape index (κ3) is 3.22. The summed E-state index contributed by atoms with van der Waals surface area (Å²) in [7, 11) is -2.90. The molecule has 0 amide bonds. The monoisotopic (exact) mass is 433 g/mol. The first kappa shape index (κ1) is 19.7. The number of nitrogens with zero attached hydrogens (tertiary/aromatic N) is 3. The molecule has 0 fully saturated rings. The molecule has 4 aromatic rings. The molecule has 0 atom stereocenters. The maximum Gasteiger partial charge on any atom is 0.265 e. The molecule has 0 bridgehead atoms. The predicted molar refractivity (Wildman–Crippen MR) is 105 cm³/mol. The predicted octanol–water partition coefficient (Wildman–Crippen LogP) is 3.44. The Morgan fingerprint density at radius 1 is 1.07 bits per heavy atom. The molecule has 0 spiro atoms. The summed E-state index contributed by atoms with van der Waals surface area (Å²) in [5, 5.41) is 0.398. The van der Waals surface area contributed by atoms with Gasteiger partial charge in [-0.3, -0.25) is 4.72 Å². The number of anilines is 2. The van der Waals surface area contributed by atoms with Crippen LogP contribution in [0.3, 0.4) is 0 Å². The van der Waals surface area contributed by atoms with E-state index in [0.717, 1.165) is 6.07 Å². The molecular formula is C19H14F3N5O2S. The van der Waals surface area contributed by atoms with Crippen molar-refractivity contribution in [1.82, 2.24) is 14.5 Å². The van der Waals surface area contributed by atoms with Gasteiger partial charge in [-0.1, -0.05) is 12.1 Å². The summed E-state index contributed by atoms with van der Waals surface area (Å²) in [5.74, 6) is -2.91. The largest absolute Gasteiger partial charge is 0.383 e. The number of sulfonamides is 1. The fourth-order valence-electron chi connectivity index (χ4n) is 3.14. The minimum absolute atomic E-state index is 0.0296. The molecule has 0 aliphatic rings. The van der Waals surface area contributed by atoms with Crippen molar-refractivity contribution in [2.45, 2.75) is 4.90 Å². The lowest BCUT2D eigenvalue weighted by Gasteiger charge is -2.12. The number of fused-ring (bicyclic) bond motifs is 1. The molecule has 0 aliphatic carbocycles. The van der Waals surface area contributed by atoms with Gasteiger partial charge in [-0.2, -0.15) is 0 Å². The second-order valence-corrected chi connectivity index (χ2v) is 8.11. The van der Waals surface area contributed by atoms with Crippen molar-refractivity contribution < 1.29 is 21.6 Å². The standard InChI is InChI=1S/C19H14F3N5O2S/c1-27-8-12(16-18(23)24-9-25-19(16)27)11-3-2-4-14(17(11)22)26-30(28,29)15-7-10(20)5-6-13(15)21/h2-9,26H,1H3,(H2,23,24,25). The molecule has 0 unspecified atom stereocenters. The van der Waals surface area contributed by atoms with E-state index in [1.165, 1.54) is 24.5 Å². The fraction of sp³-hybridized carbons (Fsp3) is 0.0526. The molecular weight excluding hydrogens is 419 g/mol. The second-order valence-electron chi connectivity index (χ2n) is 6.46. The smallest absolute Gasteiger partial charge is 0.265 e. The number of rotatable bonds is 4. The van der Waals surface area contributed by atoms with E-state index >= 15 is 4.39 Å². The van der Waals surface area contributed by atoms with Crippen LogP contribution in [-0.2, 0) is 17.1 Å². The highest BCUT2D eigenvalue weighted by atomic mass is 32.2. The summed E-state index contributed by atoms with van der Waals surface area (Å²) >= 11 is 0. The van der Waals surface area contributed by atoms with E-state index in [2.05, 4.69) is 9.97 Å². The summed E-state index contributed by atoms with van der Waals surface area (Å²) in [6.45, 7) is 0. The lowest BCUT2D eigenvalue weighted by Crippen LogP contribution is -2.16. The number of halogens is 3. The Hall–Kier alpha value is -3.60. The first-order valence-corrected chi connectivity index (χ1v) is 9.99. The van der Waals surface area contributed by atoms with Crippen molar-refractivity contribution in [2.75, 3.05) is 10.5 Å². The maximum atomic E-state index is 15.3. The van der Waals surface area contributed by atoms with E-state index in [0.29, 0.717) is 28.7 Å². The summed E-state index contributed by atoms with van der Waals surface area (Å²) in [6, 6.07) is 5.98. The average molecular weight is 433 g/mol. The average Bonchev–Trinajstić information content (AvgIpc) is 3.03. The van der Waals surface area contributed by atoms with E-state index in [-0.39, 0.29) is 11.4 Å². The number of aromatic nitrogens is 3. The van der Waals surface area contributed by atoms with Gasteiger partial charge in [0.15, 0.2) is 5.82 Å². The third-order valence-electron chi connectivity index (χ3n) is 4.50. The molecule has 0 saturated carbocycles. The molecule has 2 heterocycles. The highest BCUT2D eigenvalue weighted by Gasteiger charge is 2.24. The minimum atomic E-state index is -4.59. The third-order valence-corrected chi connectivity index (χ3v) is 5.88. The lowest BCUT2D eigenvalue weighted by atomic mass is 10.0. The topological polar surface area (TPSA) is 103 Å². The first-order valence-electron chi connectivity index (χ1n) is 8.51. The van der Waals surface area contributed by atoms with Gasteiger partial charge in [0.05, 0.1) is 11.1 Å². The lowest BCUT2D eigenvalue weighted by molar-refractivity contribution is 0.555. The Morgan fingerprint density at radius 2 is 1.83 bits per heavy atom. The molecule has 2 aromatic carbocycles. The number of nitrogens with one attached hydrogen (secondary N) is 1. The highest BCUT2D eigenvalue weighted by molar-refractivity contribution is 7.92. The van der Waals surface area contributed by atoms with Gasteiger partial charge < -0.3 is 10.3 Å². The number of aryl methyl sites for hydroxylation is 1. The summed E-state index contributed by atoms with van der Waals surface area (Å²) < 4.78 is 71.2. The summed E-state index contributed by atoms with van der Waals surface area (Å²) in [6.07, 6.45) is 2.86. The van der Waals surface area contributed by atoms with Crippen LogP contribution in [0.4, 0.5) is 24.7 Å². The normalized spacial score (nSPS) is 11.7. The van der Waals surface area contributed by atoms with Crippen LogP contribution < -0.4 is 10.5 Å². The van der Waals surface area contributed by atoms with E-state index in [4.69, 9.17) is 5.73 Å². The van der Waals surface area contributed by atoms with Crippen LogP contribution in [0.2, 0.25) is 0 Å². The first-order chi connectivity index (χ1) is 14.2. The van der Waals surface area contributed by atoms with Crippen LogP contribution in [-0.4, -0.2) is 23.0 Å². The van der Waals surface area contributed by atoms with Crippen molar-refractivity contribution in [3.05, 3.63) is 66.4 Å². The van der Waals surface area contributed by atoms with Gasteiger partial charge in [0.2, 0.25) is 0 Å². The number of hydrogen-bond acceptors (Lipinski definition) is 5.